The molecule has 1 aliphatic rings. The van der Waals surface area contributed by atoms with Crippen molar-refractivity contribution in [2.45, 2.75) is 26.3 Å². The van der Waals surface area contributed by atoms with Crippen LogP contribution in [0.25, 0.3) is 0 Å². The summed E-state index contributed by atoms with van der Waals surface area (Å²) in [4.78, 5) is 15.9. The van der Waals surface area contributed by atoms with E-state index >= 15 is 0 Å². The second-order valence-electron chi connectivity index (χ2n) is 5.55. The highest BCUT2D eigenvalue weighted by atomic mass is 16.2. The first kappa shape index (κ1) is 14.9. The number of benzene rings is 1. The van der Waals surface area contributed by atoms with E-state index in [-0.39, 0.29) is 5.91 Å². The molecule has 4 heteroatoms. The molecule has 20 heavy (non-hydrogen) atoms. The minimum Gasteiger partial charge on any atom is -0.362 e. The third-order valence-corrected chi connectivity index (χ3v) is 3.77. The maximum atomic E-state index is 12.0. The number of carbonyl (C=O) groups excluding carboxylic acids is 1. The number of nitrogens with one attached hydrogen (secondary N) is 1. The lowest BCUT2D eigenvalue weighted by Crippen LogP contribution is -2.38. The van der Waals surface area contributed by atoms with Gasteiger partial charge in [0.25, 0.3) is 0 Å². The lowest BCUT2D eigenvalue weighted by molar-refractivity contribution is -0.127. The van der Waals surface area contributed by atoms with Gasteiger partial charge < -0.3 is 15.1 Å². The van der Waals surface area contributed by atoms with Gasteiger partial charge >= 0.3 is 0 Å². The number of likely N-dealkylation sites (N-methyl/N-ethyl adjacent to an activating group) is 1. The fourth-order valence-corrected chi connectivity index (χ4v) is 2.67. The second kappa shape index (κ2) is 6.75. The molecule has 1 heterocycles. The average molecular weight is 275 g/mol. The Balaban J connectivity index is 2.27. The number of amides is 1. The summed E-state index contributed by atoms with van der Waals surface area (Å²) in [6.45, 7) is 5.49. The monoisotopic (exact) mass is 275 g/mol. The number of anilines is 1. The van der Waals surface area contributed by atoms with Gasteiger partial charge in [0.15, 0.2) is 0 Å². The van der Waals surface area contributed by atoms with Crippen molar-refractivity contribution < 1.29 is 4.79 Å². The van der Waals surface area contributed by atoms with Crippen LogP contribution in [-0.4, -0.2) is 44.5 Å². The van der Waals surface area contributed by atoms with Crippen LogP contribution in [0.4, 0.5) is 5.69 Å². The van der Waals surface area contributed by atoms with Crippen LogP contribution >= 0.6 is 0 Å². The van der Waals surface area contributed by atoms with E-state index in [1.165, 1.54) is 16.8 Å². The Morgan fingerprint density at radius 3 is 2.85 bits per heavy atom. The van der Waals surface area contributed by atoms with Crippen LogP contribution in [0.5, 0.6) is 0 Å². The van der Waals surface area contributed by atoms with Crippen molar-refractivity contribution in [2.24, 2.45) is 0 Å². The molecule has 110 valence electrons. The normalized spacial score (nSPS) is 13.8. The van der Waals surface area contributed by atoms with Crippen molar-refractivity contribution in [3.05, 3.63) is 29.3 Å². The van der Waals surface area contributed by atoms with Gasteiger partial charge in [-0.3, -0.25) is 4.79 Å². The molecule has 0 aromatic heterocycles. The van der Waals surface area contributed by atoms with Crippen LogP contribution in [0.15, 0.2) is 18.2 Å². The van der Waals surface area contributed by atoms with Gasteiger partial charge in [-0.05, 0) is 36.6 Å². The smallest absolute Gasteiger partial charge is 0.241 e. The molecular weight excluding hydrogens is 250 g/mol. The summed E-state index contributed by atoms with van der Waals surface area (Å²) in [6.07, 6.45) is 2.09. The van der Waals surface area contributed by atoms with Crippen molar-refractivity contribution in [1.82, 2.24) is 10.2 Å². The third kappa shape index (κ3) is 3.31. The van der Waals surface area contributed by atoms with Gasteiger partial charge in [0.05, 0.1) is 6.54 Å². The first-order chi connectivity index (χ1) is 9.63. The number of hydrogen-bond donors (Lipinski definition) is 1. The molecule has 1 aromatic rings. The largest absolute Gasteiger partial charge is 0.362 e. The van der Waals surface area contributed by atoms with Crippen molar-refractivity contribution in [3.8, 4) is 0 Å². The number of hydrogen-bond acceptors (Lipinski definition) is 3. The average Bonchev–Trinajstić information content (AvgIpc) is 2.46. The molecular formula is C16H25N3O. The molecule has 2 rings (SSSR count). The molecule has 0 spiro atoms. The molecule has 0 bridgehead atoms. The van der Waals surface area contributed by atoms with E-state index in [1.807, 2.05) is 14.1 Å². The summed E-state index contributed by atoms with van der Waals surface area (Å²) in [5.74, 6) is 0.157. The number of carbonyl (C=O) groups is 1. The maximum Gasteiger partial charge on any atom is 0.241 e. The van der Waals surface area contributed by atoms with E-state index in [0.29, 0.717) is 6.54 Å². The molecule has 0 saturated carbocycles. The topological polar surface area (TPSA) is 35.6 Å². The van der Waals surface area contributed by atoms with Gasteiger partial charge in [-0.1, -0.05) is 19.1 Å². The van der Waals surface area contributed by atoms with E-state index in [2.05, 4.69) is 35.3 Å². The van der Waals surface area contributed by atoms with Gasteiger partial charge in [0, 0.05) is 32.9 Å². The zero-order chi connectivity index (χ0) is 14.5. The summed E-state index contributed by atoms with van der Waals surface area (Å²) in [5, 5.41) is 3.40. The molecule has 4 nitrogen and oxygen atoms in total. The fourth-order valence-electron chi connectivity index (χ4n) is 2.67. The van der Waals surface area contributed by atoms with Gasteiger partial charge in [0.1, 0.15) is 0 Å². The Morgan fingerprint density at radius 1 is 1.35 bits per heavy atom. The number of fused-ring (bicyclic) bond motifs is 1. The zero-order valence-electron chi connectivity index (χ0n) is 12.8. The quantitative estimate of drug-likeness (QED) is 0.887. The van der Waals surface area contributed by atoms with E-state index < -0.39 is 0 Å². The summed E-state index contributed by atoms with van der Waals surface area (Å²) in [5.41, 5.74) is 4.01. The lowest BCUT2D eigenvalue weighted by Gasteiger charge is -2.30. The molecule has 0 radical (unpaired) electrons. The Hall–Kier alpha value is -1.55. The van der Waals surface area contributed by atoms with E-state index in [1.54, 1.807) is 4.90 Å². The van der Waals surface area contributed by atoms with Crippen LogP contribution in [0.1, 0.15) is 24.5 Å². The SMILES string of the molecule is CCCN(CC(=O)N(C)C)c1cccc2c1CCNC2. The summed E-state index contributed by atoms with van der Waals surface area (Å²) >= 11 is 0. The lowest BCUT2D eigenvalue weighted by atomic mass is 9.98. The van der Waals surface area contributed by atoms with Crippen LogP contribution < -0.4 is 10.2 Å². The number of rotatable bonds is 5. The Morgan fingerprint density at radius 2 is 2.15 bits per heavy atom. The molecule has 1 aromatic carbocycles. The highest BCUT2D eigenvalue weighted by Crippen LogP contribution is 2.26. The van der Waals surface area contributed by atoms with Crippen molar-refractivity contribution in [1.29, 1.82) is 0 Å². The molecule has 1 aliphatic heterocycles. The first-order valence-electron chi connectivity index (χ1n) is 7.40. The second-order valence-corrected chi connectivity index (χ2v) is 5.55. The van der Waals surface area contributed by atoms with Gasteiger partial charge in [0.2, 0.25) is 5.91 Å². The highest BCUT2D eigenvalue weighted by molar-refractivity contribution is 5.81. The van der Waals surface area contributed by atoms with Crippen molar-refractivity contribution in [2.75, 3.05) is 38.6 Å². The molecule has 0 fully saturated rings. The molecule has 1 amide bonds. The Labute approximate surface area is 121 Å². The molecule has 1 N–H and O–H groups in total. The van der Waals surface area contributed by atoms with Gasteiger partial charge in [-0.2, -0.15) is 0 Å². The predicted octanol–water partition coefficient (Wildman–Crippen LogP) is 1.64. The Bertz CT molecular complexity index is 471. The molecule has 0 atom stereocenters. The van der Waals surface area contributed by atoms with E-state index in [0.717, 1.165) is 32.5 Å². The summed E-state index contributed by atoms with van der Waals surface area (Å²) < 4.78 is 0. The van der Waals surface area contributed by atoms with Crippen molar-refractivity contribution in [3.63, 3.8) is 0 Å². The van der Waals surface area contributed by atoms with Crippen LogP contribution in [0, 0.1) is 0 Å². The standard InChI is InChI=1S/C16H25N3O/c1-4-10-19(12-16(20)18(2)3)15-7-5-6-13-11-17-9-8-14(13)15/h5-7,17H,4,8-12H2,1-3H3. The molecule has 0 aliphatic carbocycles. The third-order valence-electron chi connectivity index (χ3n) is 3.77. The van der Waals surface area contributed by atoms with Crippen LogP contribution in [0.2, 0.25) is 0 Å². The van der Waals surface area contributed by atoms with E-state index in [4.69, 9.17) is 0 Å². The summed E-state index contributed by atoms with van der Waals surface area (Å²) in [6, 6.07) is 6.44. The predicted molar refractivity (Wildman–Crippen MR) is 83.1 cm³/mol. The van der Waals surface area contributed by atoms with Crippen LogP contribution in [0.3, 0.4) is 0 Å². The zero-order valence-corrected chi connectivity index (χ0v) is 12.8. The van der Waals surface area contributed by atoms with Crippen molar-refractivity contribution >= 4 is 11.6 Å². The van der Waals surface area contributed by atoms with Gasteiger partial charge in [-0.25, -0.2) is 0 Å². The van der Waals surface area contributed by atoms with Crippen LogP contribution in [-0.2, 0) is 17.8 Å². The minimum absolute atomic E-state index is 0.157. The Kier molecular flexibility index (Phi) is 5.01. The first-order valence-corrected chi connectivity index (χ1v) is 7.40. The number of nitrogens with zero attached hydrogens (tertiary/aromatic N) is 2. The maximum absolute atomic E-state index is 12.0. The molecule has 0 unspecified atom stereocenters. The minimum atomic E-state index is 0.157. The molecule has 0 saturated heterocycles. The van der Waals surface area contributed by atoms with Gasteiger partial charge in [-0.15, -0.1) is 0 Å². The highest BCUT2D eigenvalue weighted by Gasteiger charge is 2.19. The van der Waals surface area contributed by atoms with E-state index in [9.17, 15) is 4.79 Å². The summed E-state index contributed by atoms with van der Waals surface area (Å²) in [7, 11) is 3.63. The fraction of sp³-hybridized carbons (Fsp3) is 0.562.